The van der Waals surface area contributed by atoms with Crippen molar-refractivity contribution in [3.05, 3.63) is 0 Å². The van der Waals surface area contributed by atoms with Crippen LogP contribution < -0.4 is 5.32 Å². The summed E-state index contributed by atoms with van der Waals surface area (Å²) in [6, 6.07) is 0.252. The number of ether oxygens (including phenoxy) is 6. The summed E-state index contributed by atoms with van der Waals surface area (Å²) >= 11 is 0. The van der Waals surface area contributed by atoms with Crippen LogP contribution in [-0.2, 0) is 38.0 Å². The van der Waals surface area contributed by atoms with Crippen LogP contribution in [0.15, 0.2) is 0 Å². The van der Waals surface area contributed by atoms with Gasteiger partial charge < -0.3 is 59.1 Å². The van der Waals surface area contributed by atoms with E-state index in [9.17, 15) is 30.0 Å². The molecule has 5 N–H and O–H groups in total. The normalized spacial score (nSPS) is 45.7. The van der Waals surface area contributed by atoms with Gasteiger partial charge in [-0.25, -0.2) is 0 Å². The number of rotatable bonds is 11. The first-order chi connectivity index (χ1) is 26.4. The summed E-state index contributed by atoms with van der Waals surface area (Å²) < 4.78 is 38.3. The first-order valence-corrected chi connectivity index (χ1v) is 21.4. The maximum absolute atomic E-state index is 14.5. The van der Waals surface area contributed by atoms with E-state index in [1.807, 2.05) is 55.5 Å². The molecular weight excluding hydrogens is 736 g/mol. The molecule has 3 saturated heterocycles. The van der Waals surface area contributed by atoms with Gasteiger partial charge in [-0.05, 0) is 79.7 Å². The van der Waals surface area contributed by atoms with Crippen LogP contribution in [0.1, 0.15) is 109 Å². The van der Waals surface area contributed by atoms with Crippen molar-refractivity contribution in [2.24, 2.45) is 41.4 Å². The van der Waals surface area contributed by atoms with Crippen LogP contribution >= 0.6 is 0 Å². The molecule has 0 spiro atoms. The zero-order valence-electron chi connectivity index (χ0n) is 37.6. The summed E-state index contributed by atoms with van der Waals surface area (Å²) in [7, 11) is 5.09. The third-order valence-electron chi connectivity index (χ3n) is 13.9. The minimum Gasteiger partial charge on any atom is -0.462 e. The lowest BCUT2D eigenvalue weighted by molar-refractivity contribution is -0.304. The van der Waals surface area contributed by atoms with Gasteiger partial charge in [0.05, 0.1) is 53.7 Å². The molecule has 0 bridgehead atoms. The van der Waals surface area contributed by atoms with Crippen molar-refractivity contribution in [2.75, 3.05) is 34.4 Å². The zero-order valence-corrected chi connectivity index (χ0v) is 37.6. The van der Waals surface area contributed by atoms with Gasteiger partial charge in [-0.1, -0.05) is 41.5 Å². The number of hydrogen-bond acceptors (Lipinski definition) is 13. The number of methoxy groups -OCH3 is 1. The molecule has 1 amide bonds. The third-order valence-corrected chi connectivity index (χ3v) is 13.9. The fourth-order valence-corrected chi connectivity index (χ4v) is 10.0. The predicted octanol–water partition coefficient (Wildman–Crippen LogP) is 3.53. The number of aliphatic hydroxyl groups is 4. The van der Waals surface area contributed by atoms with E-state index in [2.05, 4.69) is 24.1 Å². The molecule has 0 aliphatic carbocycles. The number of esters is 1. The number of nitrogens with zero attached hydrogens (tertiary/aromatic N) is 1. The molecule has 19 atom stereocenters. The number of cyclic esters (lactones) is 1. The quantitative estimate of drug-likeness (QED) is 0.191. The van der Waals surface area contributed by atoms with Crippen LogP contribution in [0.2, 0.25) is 0 Å². The molecule has 14 nitrogen and oxygen atoms in total. The highest BCUT2D eigenvalue weighted by molar-refractivity contribution is 5.76. The van der Waals surface area contributed by atoms with E-state index in [0.29, 0.717) is 19.4 Å². The Bertz CT molecular complexity index is 1270. The number of carbonyl (C=O) groups is 2. The minimum atomic E-state index is -1.65. The molecule has 0 saturated carbocycles. The Morgan fingerprint density at radius 3 is 2.18 bits per heavy atom. The summed E-state index contributed by atoms with van der Waals surface area (Å²) in [5.74, 6) is -4.58. The van der Waals surface area contributed by atoms with E-state index in [4.69, 9.17) is 28.4 Å². The summed E-state index contributed by atoms with van der Waals surface area (Å²) in [6.07, 6.45) is -6.67. The second-order valence-electron chi connectivity index (χ2n) is 18.7. The Balaban J connectivity index is 2.24. The first kappa shape index (κ1) is 49.9. The van der Waals surface area contributed by atoms with Crippen LogP contribution in [0.5, 0.6) is 0 Å². The highest BCUT2D eigenvalue weighted by Crippen LogP contribution is 2.45. The number of aliphatic hydroxyl groups excluding tert-OH is 3. The van der Waals surface area contributed by atoms with Crippen molar-refractivity contribution in [1.82, 2.24) is 10.2 Å². The Hall–Kier alpha value is -1.46. The minimum absolute atomic E-state index is 0.100. The molecule has 0 aromatic rings. The maximum atomic E-state index is 14.5. The van der Waals surface area contributed by atoms with Crippen LogP contribution in [-0.4, -0.2) is 150 Å². The molecule has 3 aliphatic heterocycles. The van der Waals surface area contributed by atoms with Crippen molar-refractivity contribution < 1.29 is 58.4 Å². The van der Waals surface area contributed by atoms with E-state index in [0.717, 1.165) is 0 Å². The summed E-state index contributed by atoms with van der Waals surface area (Å²) in [4.78, 5) is 29.1. The highest BCUT2D eigenvalue weighted by Gasteiger charge is 2.54. The molecule has 3 aliphatic rings. The Morgan fingerprint density at radius 1 is 0.982 bits per heavy atom. The van der Waals surface area contributed by atoms with Gasteiger partial charge in [-0.3, -0.25) is 9.59 Å². The molecule has 3 rings (SSSR count). The highest BCUT2D eigenvalue weighted by atomic mass is 16.7. The fourth-order valence-electron chi connectivity index (χ4n) is 10.0. The number of carbonyl (C=O) groups excluding carboxylic acids is 2. The van der Waals surface area contributed by atoms with Crippen molar-refractivity contribution in [3.8, 4) is 0 Å². The fraction of sp³-hybridized carbons (Fsp3) is 0.953. The van der Waals surface area contributed by atoms with Crippen LogP contribution in [0.3, 0.4) is 0 Å². The van der Waals surface area contributed by atoms with Crippen LogP contribution in [0.4, 0.5) is 0 Å². The Labute approximate surface area is 343 Å². The topological polar surface area (TPSA) is 186 Å². The molecular formula is C43H80N2O12. The number of nitrogens with one attached hydrogen (secondary N) is 1. The van der Waals surface area contributed by atoms with Gasteiger partial charge in [0.15, 0.2) is 6.29 Å². The van der Waals surface area contributed by atoms with E-state index in [1.54, 1.807) is 27.9 Å². The molecule has 3 fully saturated rings. The maximum Gasteiger partial charge on any atom is 0.309 e. The van der Waals surface area contributed by atoms with Crippen LogP contribution in [0, 0.1) is 41.4 Å². The van der Waals surface area contributed by atoms with Gasteiger partial charge in [-0.2, -0.15) is 0 Å². The van der Waals surface area contributed by atoms with E-state index in [-0.39, 0.29) is 43.4 Å². The largest absolute Gasteiger partial charge is 0.462 e. The van der Waals surface area contributed by atoms with Gasteiger partial charge in [0.2, 0.25) is 5.91 Å². The second kappa shape index (κ2) is 20.9. The average Bonchev–Trinajstić information content (AvgIpc) is 3.14. The lowest BCUT2D eigenvalue weighted by Crippen LogP contribution is -2.61. The average molecular weight is 817 g/mol. The smallest absolute Gasteiger partial charge is 0.309 e. The Kier molecular flexibility index (Phi) is 18.3. The Morgan fingerprint density at radius 2 is 1.61 bits per heavy atom. The van der Waals surface area contributed by atoms with E-state index < -0.39 is 108 Å². The lowest BCUT2D eigenvalue weighted by Gasteiger charge is -2.51. The summed E-state index contributed by atoms with van der Waals surface area (Å²) in [5, 5.41) is 50.5. The lowest BCUT2D eigenvalue weighted by atomic mass is 9.67. The van der Waals surface area contributed by atoms with Gasteiger partial charge in [-0.15, -0.1) is 0 Å². The van der Waals surface area contributed by atoms with Gasteiger partial charge in [0.1, 0.15) is 24.9 Å². The molecule has 2 unspecified atom stereocenters. The standard InChI is InChI=1S/C43H80N2O12/c1-16-31-25(6)35(47)28(9)37(53-21-33(46)44-13)23(4)18-42(11,51)39(57-41-36(48)30(17-24(5)54-41)20-45(14)22(2)3)26(7)34(27(8)40(50)56-31)32-19-43(12,52-15)38(49)29(10)55-32/h22-32,34-39,41,47-49,51H,16-21H2,1-15H3,(H,44,46)/t23-,24-,25+,26+,27?,28-,29+,30-,31-,32-,34?,35+,36-,37+,38+,39-,41+,42-,43-/m1/s1. The molecule has 14 heteroatoms. The molecule has 0 aromatic carbocycles. The molecule has 3 heterocycles. The number of amides is 1. The van der Waals surface area contributed by atoms with Gasteiger partial charge in [0.25, 0.3) is 0 Å². The number of hydrogen-bond donors (Lipinski definition) is 5. The third kappa shape index (κ3) is 11.9. The molecule has 0 radical (unpaired) electrons. The van der Waals surface area contributed by atoms with E-state index >= 15 is 0 Å². The molecule has 0 aromatic heterocycles. The summed E-state index contributed by atoms with van der Waals surface area (Å²) in [6.45, 7) is 23.0. The van der Waals surface area contributed by atoms with Crippen molar-refractivity contribution in [2.45, 2.75) is 187 Å². The van der Waals surface area contributed by atoms with Crippen LogP contribution in [0.25, 0.3) is 0 Å². The monoisotopic (exact) mass is 817 g/mol. The van der Waals surface area contributed by atoms with Crippen molar-refractivity contribution in [3.63, 3.8) is 0 Å². The second-order valence-corrected chi connectivity index (χ2v) is 18.7. The first-order valence-electron chi connectivity index (χ1n) is 21.4. The summed E-state index contributed by atoms with van der Waals surface area (Å²) in [5.41, 5.74) is -2.66. The SMILES string of the molecule is CC[C@H]1OC(=O)C(C)C([C@H]2C[C@@](C)(OC)[C@@H](O)[C@H](C)O2)[C@H](C)[C@@H](O[C@@H]2O[C@H](C)C[C@H](CN(C)C(C)C)[C@H]2O)[C@](C)(O)C[C@@H](C)[C@H](OCC(=O)NC)[C@H](C)[C@@H](O)[C@H]1C. The van der Waals surface area contributed by atoms with Gasteiger partial charge in [0, 0.05) is 56.8 Å². The number of likely N-dealkylation sites (N-methyl/N-ethyl adjacent to an activating group) is 1. The zero-order chi connectivity index (χ0) is 43.3. The predicted molar refractivity (Wildman–Crippen MR) is 216 cm³/mol. The molecule has 57 heavy (non-hydrogen) atoms. The van der Waals surface area contributed by atoms with Crippen molar-refractivity contribution in [1.29, 1.82) is 0 Å². The van der Waals surface area contributed by atoms with Crippen molar-refractivity contribution >= 4 is 11.9 Å². The van der Waals surface area contributed by atoms with Gasteiger partial charge >= 0.3 is 5.97 Å². The molecule has 334 valence electrons. The van der Waals surface area contributed by atoms with E-state index in [1.165, 1.54) is 7.05 Å².